The van der Waals surface area contributed by atoms with Gasteiger partial charge in [0.1, 0.15) is 17.6 Å². The number of para-hydroxylation sites is 1. The summed E-state index contributed by atoms with van der Waals surface area (Å²) < 4.78 is 11.5. The average Bonchev–Trinajstić information content (AvgIpc) is 3.43. The van der Waals surface area contributed by atoms with Crippen LogP contribution in [0.5, 0.6) is 5.75 Å². The number of likely N-dealkylation sites (N-methyl/N-ethyl adjacent to an activating group) is 1. The first-order valence-electron chi connectivity index (χ1n) is 12.5. The van der Waals surface area contributed by atoms with Crippen molar-refractivity contribution in [1.29, 1.82) is 0 Å². The van der Waals surface area contributed by atoms with Gasteiger partial charge in [0.2, 0.25) is 11.8 Å². The predicted molar refractivity (Wildman–Crippen MR) is 145 cm³/mol. The van der Waals surface area contributed by atoms with Crippen molar-refractivity contribution in [2.24, 2.45) is 0 Å². The van der Waals surface area contributed by atoms with Crippen molar-refractivity contribution in [2.45, 2.75) is 38.4 Å². The van der Waals surface area contributed by atoms with Crippen LogP contribution in [0.3, 0.4) is 0 Å². The van der Waals surface area contributed by atoms with Crippen LogP contribution in [0.15, 0.2) is 77.4 Å². The lowest BCUT2D eigenvalue weighted by molar-refractivity contribution is -0.128. The highest BCUT2D eigenvalue weighted by Crippen LogP contribution is 2.37. The van der Waals surface area contributed by atoms with Crippen LogP contribution in [0.1, 0.15) is 24.5 Å². The third-order valence-corrected chi connectivity index (χ3v) is 7.14. The highest BCUT2D eigenvalue weighted by Gasteiger charge is 2.33. The van der Waals surface area contributed by atoms with Crippen molar-refractivity contribution < 1.29 is 18.7 Å². The molecule has 0 spiro atoms. The van der Waals surface area contributed by atoms with Gasteiger partial charge in [-0.2, -0.15) is 0 Å². The number of benzene rings is 3. The third-order valence-electron chi connectivity index (χ3n) is 7.14. The summed E-state index contributed by atoms with van der Waals surface area (Å²) in [4.78, 5) is 28.5. The Bertz CT molecular complexity index is 1430. The van der Waals surface area contributed by atoms with E-state index >= 15 is 0 Å². The Labute approximate surface area is 216 Å². The first kappa shape index (κ1) is 24.6. The highest BCUT2D eigenvalue weighted by molar-refractivity contribution is 6.03. The average molecular weight is 498 g/mol. The zero-order valence-electron chi connectivity index (χ0n) is 21.3. The van der Waals surface area contributed by atoms with E-state index in [4.69, 9.17) is 9.15 Å². The van der Waals surface area contributed by atoms with E-state index in [0.717, 1.165) is 38.9 Å². The monoisotopic (exact) mass is 497 g/mol. The summed E-state index contributed by atoms with van der Waals surface area (Å²) in [5, 5.41) is 7.90. The van der Waals surface area contributed by atoms with Crippen molar-refractivity contribution in [1.82, 2.24) is 10.6 Å². The Morgan fingerprint density at radius 3 is 2.68 bits per heavy atom. The number of amides is 2. The van der Waals surface area contributed by atoms with Crippen LogP contribution in [0.2, 0.25) is 0 Å². The van der Waals surface area contributed by atoms with Crippen LogP contribution in [-0.2, 0) is 22.6 Å². The van der Waals surface area contributed by atoms with E-state index in [-0.39, 0.29) is 11.8 Å². The third kappa shape index (κ3) is 4.70. The van der Waals surface area contributed by atoms with Gasteiger partial charge in [-0.3, -0.25) is 9.59 Å². The summed E-state index contributed by atoms with van der Waals surface area (Å²) in [5.74, 6) is 1.14. The molecule has 2 atom stereocenters. The van der Waals surface area contributed by atoms with Gasteiger partial charge in [-0.05, 0) is 73.5 Å². The summed E-state index contributed by atoms with van der Waals surface area (Å²) in [6.07, 6.45) is 2.88. The molecule has 37 heavy (non-hydrogen) atoms. The standard InChI is InChI=1S/C30H31N3O4/c1-19(31-2)29(34)32-25-15-13-20-8-4-5-11-26(20)33(30(25)35)18-24-21-9-6-10-23(28-12-7-17-37-28)22(21)14-16-27(24)36-3/h4-12,14,16-17,19,25,31H,13,15,18H2,1-3H3,(H,32,34)/t19-,25?/m0/s1. The number of fused-ring (bicyclic) bond motifs is 2. The number of nitrogens with zero attached hydrogens (tertiary/aromatic N) is 1. The minimum Gasteiger partial charge on any atom is -0.496 e. The van der Waals surface area contributed by atoms with Crippen molar-refractivity contribution >= 4 is 28.3 Å². The predicted octanol–water partition coefficient (Wildman–Crippen LogP) is 4.68. The van der Waals surface area contributed by atoms with Crippen LogP contribution >= 0.6 is 0 Å². The summed E-state index contributed by atoms with van der Waals surface area (Å²) >= 11 is 0. The molecule has 2 N–H and O–H groups in total. The Morgan fingerprint density at radius 1 is 1.08 bits per heavy atom. The zero-order chi connectivity index (χ0) is 25.9. The summed E-state index contributed by atoms with van der Waals surface area (Å²) in [6.45, 7) is 2.08. The maximum Gasteiger partial charge on any atom is 0.249 e. The lowest BCUT2D eigenvalue weighted by Gasteiger charge is -2.28. The maximum atomic E-state index is 14.0. The fraction of sp³-hybridized carbons (Fsp3) is 0.267. The van der Waals surface area contributed by atoms with Gasteiger partial charge in [0.15, 0.2) is 0 Å². The van der Waals surface area contributed by atoms with E-state index in [1.165, 1.54) is 0 Å². The van der Waals surface area contributed by atoms with Gasteiger partial charge in [-0.15, -0.1) is 0 Å². The topological polar surface area (TPSA) is 83.8 Å². The molecule has 7 nitrogen and oxygen atoms in total. The van der Waals surface area contributed by atoms with Crippen LogP contribution in [-0.4, -0.2) is 38.1 Å². The van der Waals surface area contributed by atoms with Crippen LogP contribution < -0.4 is 20.3 Å². The molecule has 190 valence electrons. The minimum atomic E-state index is -0.629. The molecular weight excluding hydrogens is 466 g/mol. The van der Waals surface area contributed by atoms with Gasteiger partial charge in [0.25, 0.3) is 0 Å². The number of hydrogen-bond donors (Lipinski definition) is 2. The van der Waals surface area contributed by atoms with Crippen molar-refractivity contribution in [3.05, 3.63) is 84.1 Å². The molecule has 0 saturated carbocycles. The summed E-state index contributed by atoms with van der Waals surface area (Å²) in [7, 11) is 3.37. The van der Waals surface area contributed by atoms with Crippen molar-refractivity contribution in [2.75, 3.05) is 19.1 Å². The number of hydrogen-bond acceptors (Lipinski definition) is 5. The second kappa shape index (κ2) is 10.5. The summed E-state index contributed by atoms with van der Waals surface area (Å²) in [6, 6.07) is 20.7. The van der Waals surface area contributed by atoms with Gasteiger partial charge in [-0.1, -0.05) is 36.4 Å². The van der Waals surface area contributed by atoms with Gasteiger partial charge in [0.05, 0.1) is 26.0 Å². The molecule has 0 aliphatic carbocycles. The van der Waals surface area contributed by atoms with Gasteiger partial charge < -0.3 is 24.7 Å². The van der Waals surface area contributed by atoms with E-state index in [2.05, 4.69) is 10.6 Å². The fourth-order valence-electron chi connectivity index (χ4n) is 5.00. The molecule has 7 heteroatoms. The van der Waals surface area contributed by atoms with Gasteiger partial charge in [0, 0.05) is 16.8 Å². The molecule has 1 aliphatic rings. The lowest BCUT2D eigenvalue weighted by Crippen LogP contribution is -2.52. The molecule has 5 rings (SSSR count). The van der Waals surface area contributed by atoms with Crippen LogP contribution in [0, 0.1) is 0 Å². The van der Waals surface area contributed by atoms with Gasteiger partial charge in [-0.25, -0.2) is 0 Å². The number of methoxy groups -OCH3 is 1. The molecule has 0 radical (unpaired) electrons. The quantitative estimate of drug-likeness (QED) is 0.387. The van der Waals surface area contributed by atoms with Gasteiger partial charge >= 0.3 is 0 Å². The second-order valence-corrected chi connectivity index (χ2v) is 9.29. The molecule has 0 fully saturated rings. The molecule has 1 aliphatic heterocycles. The van der Waals surface area contributed by atoms with Crippen molar-refractivity contribution in [3.8, 4) is 17.1 Å². The maximum absolute atomic E-state index is 14.0. The molecule has 3 aromatic carbocycles. The number of furan rings is 1. The second-order valence-electron chi connectivity index (χ2n) is 9.29. The Balaban J connectivity index is 1.60. The van der Waals surface area contributed by atoms with E-state index < -0.39 is 12.1 Å². The Morgan fingerprint density at radius 2 is 1.92 bits per heavy atom. The number of nitrogens with one attached hydrogen (secondary N) is 2. The summed E-state index contributed by atoms with van der Waals surface area (Å²) in [5.41, 5.74) is 3.80. The molecule has 1 aromatic heterocycles. The van der Waals surface area contributed by atoms with Crippen LogP contribution in [0.25, 0.3) is 22.1 Å². The van der Waals surface area contributed by atoms with Crippen molar-refractivity contribution in [3.63, 3.8) is 0 Å². The number of rotatable bonds is 7. The number of carbonyl (C=O) groups excluding carboxylic acids is 2. The molecule has 2 amide bonds. The molecular formula is C30H31N3O4. The van der Waals surface area contributed by atoms with E-state index in [1.807, 2.05) is 66.7 Å². The highest BCUT2D eigenvalue weighted by atomic mass is 16.5. The number of ether oxygens (including phenoxy) is 1. The van der Waals surface area contributed by atoms with E-state index in [9.17, 15) is 9.59 Å². The largest absolute Gasteiger partial charge is 0.496 e. The molecule has 4 aromatic rings. The number of aryl methyl sites for hydroxylation is 1. The minimum absolute atomic E-state index is 0.136. The number of carbonyl (C=O) groups is 2. The number of anilines is 1. The normalized spacial score (nSPS) is 16.2. The Hall–Kier alpha value is -4.10. The molecule has 2 heterocycles. The first-order chi connectivity index (χ1) is 18.0. The van der Waals surface area contributed by atoms with E-state index in [0.29, 0.717) is 25.1 Å². The van der Waals surface area contributed by atoms with E-state index in [1.54, 1.807) is 32.2 Å². The fourth-order valence-corrected chi connectivity index (χ4v) is 5.00. The molecule has 1 unspecified atom stereocenters. The molecule has 0 saturated heterocycles. The van der Waals surface area contributed by atoms with Crippen LogP contribution in [0.4, 0.5) is 5.69 Å². The molecule has 0 bridgehead atoms. The zero-order valence-corrected chi connectivity index (χ0v) is 21.3. The Kier molecular flexibility index (Phi) is 6.97. The smallest absolute Gasteiger partial charge is 0.249 e. The SMILES string of the molecule is CN[C@@H](C)C(=O)NC1CCc2ccccc2N(Cc2c(OC)ccc3c(-c4ccco4)cccc23)C1=O. The first-order valence-corrected chi connectivity index (χ1v) is 12.5. The lowest BCUT2D eigenvalue weighted by atomic mass is 9.97.